The second-order valence-corrected chi connectivity index (χ2v) is 5.83. The maximum Gasteiger partial charge on any atom is 0.289 e. The third kappa shape index (κ3) is 6.50. The van der Waals surface area contributed by atoms with Crippen molar-refractivity contribution in [1.82, 2.24) is 20.4 Å². The zero-order chi connectivity index (χ0) is 18.1. The predicted molar refractivity (Wildman–Crippen MR) is 111 cm³/mol. The molecule has 0 aliphatic carbocycles. The smallest absolute Gasteiger partial charge is 0.289 e. The van der Waals surface area contributed by atoms with Gasteiger partial charge in [-0.15, -0.1) is 24.0 Å². The molecule has 8 nitrogen and oxygen atoms in total. The molecule has 1 saturated heterocycles. The highest BCUT2D eigenvalue weighted by Gasteiger charge is 2.25. The van der Waals surface area contributed by atoms with Crippen LogP contribution in [0.25, 0.3) is 0 Å². The predicted octanol–water partition coefficient (Wildman–Crippen LogP) is 1.15. The Hall–Kier alpha value is -1.78. The quantitative estimate of drug-likeness (QED) is 0.365. The number of carbonyl (C=O) groups excluding carboxylic acids is 2. The van der Waals surface area contributed by atoms with Gasteiger partial charge in [-0.2, -0.15) is 0 Å². The van der Waals surface area contributed by atoms with E-state index in [2.05, 4.69) is 20.5 Å². The largest absolute Gasteiger partial charge is 0.459 e. The van der Waals surface area contributed by atoms with Gasteiger partial charge in [-0.05, 0) is 18.6 Å². The molecule has 1 aromatic rings. The first-order valence-electron chi connectivity index (χ1n) is 8.70. The first-order valence-corrected chi connectivity index (χ1v) is 8.70. The van der Waals surface area contributed by atoms with E-state index < -0.39 is 0 Å². The molecule has 0 aromatic carbocycles. The maximum absolute atomic E-state index is 12.3. The number of carbonyl (C=O) groups is 2. The van der Waals surface area contributed by atoms with Crippen LogP contribution >= 0.6 is 24.0 Å². The number of hydrogen-bond acceptors (Lipinski definition) is 4. The Balaban J connectivity index is 0.00000338. The average molecular weight is 477 g/mol. The zero-order valence-corrected chi connectivity index (χ0v) is 17.7. The van der Waals surface area contributed by atoms with Crippen molar-refractivity contribution in [3.8, 4) is 0 Å². The monoisotopic (exact) mass is 477 g/mol. The molecular weight excluding hydrogens is 449 g/mol. The molecule has 0 atom stereocenters. The molecule has 146 valence electrons. The summed E-state index contributed by atoms with van der Waals surface area (Å²) in [5.74, 6) is 1.08. The van der Waals surface area contributed by atoms with Crippen LogP contribution in [0.2, 0.25) is 0 Å². The minimum Gasteiger partial charge on any atom is -0.459 e. The third-order valence-electron chi connectivity index (χ3n) is 4.02. The van der Waals surface area contributed by atoms with Crippen molar-refractivity contribution >= 4 is 41.8 Å². The van der Waals surface area contributed by atoms with E-state index in [0.29, 0.717) is 51.4 Å². The summed E-state index contributed by atoms with van der Waals surface area (Å²) in [5.41, 5.74) is 0. The third-order valence-corrected chi connectivity index (χ3v) is 4.02. The van der Waals surface area contributed by atoms with Gasteiger partial charge < -0.3 is 24.9 Å². The van der Waals surface area contributed by atoms with Gasteiger partial charge in [0.05, 0.1) is 6.26 Å². The van der Waals surface area contributed by atoms with Crippen molar-refractivity contribution < 1.29 is 14.0 Å². The van der Waals surface area contributed by atoms with E-state index in [1.54, 1.807) is 24.1 Å². The summed E-state index contributed by atoms with van der Waals surface area (Å²) in [7, 11) is 1.72. The number of nitrogens with zero attached hydrogens (tertiary/aromatic N) is 3. The highest BCUT2D eigenvalue weighted by atomic mass is 127. The van der Waals surface area contributed by atoms with Crippen molar-refractivity contribution in [2.24, 2.45) is 4.99 Å². The van der Waals surface area contributed by atoms with E-state index in [1.807, 2.05) is 6.92 Å². The van der Waals surface area contributed by atoms with E-state index in [-0.39, 0.29) is 35.8 Å². The molecule has 9 heteroatoms. The fourth-order valence-electron chi connectivity index (χ4n) is 2.65. The SMILES string of the molecule is CCCNC(=O)CCNC(=NC)N1CCN(C(=O)c2ccco2)CC1.I. The molecule has 2 N–H and O–H groups in total. The molecule has 1 aromatic heterocycles. The lowest BCUT2D eigenvalue weighted by Crippen LogP contribution is -2.54. The van der Waals surface area contributed by atoms with Gasteiger partial charge in [0.2, 0.25) is 5.91 Å². The number of nitrogens with one attached hydrogen (secondary N) is 2. The average Bonchev–Trinajstić information content (AvgIpc) is 3.18. The number of halogens is 1. The van der Waals surface area contributed by atoms with Crippen LogP contribution in [-0.2, 0) is 4.79 Å². The number of rotatable bonds is 6. The minimum atomic E-state index is -0.0832. The van der Waals surface area contributed by atoms with E-state index in [1.165, 1.54) is 6.26 Å². The van der Waals surface area contributed by atoms with Crippen LogP contribution in [0.15, 0.2) is 27.8 Å². The number of furan rings is 1. The Bertz CT molecular complexity index is 583. The summed E-state index contributed by atoms with van der Waals surface area (Å²) in [6.45, 7) is 5.86. The van der Waals surface area contributed by atoms with Crippen molar-refractivity contribution in [3.05, 3.63) is 24.2 Å². The normalized spacial score (nSPS) is 14.6. The van der Waals surface area contributed by atoms with Gasteiger partial charge in [0.25, 0.3) is 5.91 Å². The van der Waals surface area contributed by atoms with Gasteiger partial charge in [0.1, 0.15) is 0 Å². The minimum absolute atomic E-state index is 0. The summed E-state index contributed by atoms with van der Waals surface area (Å²) < 4.78 is 5.17. The molecule has 0 saturated carbocycles. The molecule has 0 bridgehead atoms. The van der Waals surface area contributed by atoms with Crippen LogP contribution in [0.3, 0.4) is 0 Å². The second-order valence-electron chi connectivity index (χ2n) is 5.83. The molecular formula is C17H28IN5O3. The Labute approximate surface area is 171 Å². The van der Waals surface area contributed by atoms with Gasteiger partial charge in [-0.1, -0.05) is 6.92 Å². The summed E-state index contributed by atoms with van der Waals surface area (Å²) in [6.07, 6.45) is 2.85. The van der Waals surface area contributed by atoms with Gasteiger partial charge >= 0.3 is 0 Å². The van der Waals surface area contributed by atoms with Crippen molar-refractivity contribution in [2.45, 2.75) is 19.8 Å². The lowest BCUT2D eigenvalue weighted by atomic mass is 10.3. The van der Waals surface area contributed by atoms with Crippen LogP contribution in [0, 0.1) is 0 Å². The Morgan fingerprint density at radius 2 is 1.85 bits per heavy atom. The van der Waals surface area contributed by atoms with Gasteiger partial charge in [0.15, 0.2) is 11.7 Å². The van der Waals surface area contributed by atoms with Gasteiger partial charge in [-0.3, -0.25) is 14.6 Å². The lowest BCUT2D eigenvalue weighted by molar-refractivity contribution is -0.120. The number of hydrogen-bond donors (Lipinski definition) is 2. The molecule has 1 fully saturated rings. The number of piperazine rings is 1. The first kappa shape index (κ1) is 22.3. The topological polar surface area (TPSA) is 90.2 Å². The number of amides is 2. The van der Waals surface area contributed by atoms with Crippen molar-refractivity contribution in [1.29, 1.82) is 0 Å². The molecule has 2 rings (SSSR count). The Morgan fingerprint density at radius 1 is 1.15 bits per heavy atom. The van der Waals surface area contributed by atoms with Crippen LogP contribution in [-0.4, -0.2) is 73.9 Å². The first-order chi connectivity index (χ1) is 12.2. The van der Waals surface area contributed by atoms with Crippen LogP contribution in [0.4, 0.5) is 0 Å². The highest BCUT2D eigenvalue weighted by Crippen LogP contribution is 2.09. The van der Waals surface area contributed by atoms with Crippen LogP contribution in [0.1, 0.15) is 30.3 Å². The number of aliphatic imine (C=N–C) groups is 1. The summed E-state index contributed by atoms with van der Waals surface area (Å²) in [6, 6.07) is 3.39. The van der Waals surface area contributed by atoms with E-state index in [0.717, 1.165) is 12.4 Å². The Morgan fingerprint density at radius 3 is 2.42 bits per heavy atom. The molecule has 1 aliphatic heterocycles. The second kappa shape index (κ2) is 11.8. The molecule has 0 spiro atoms. The molecule has 2 heterocycles. The summed E-state index contributed by atoms with van der Waals surface area (Å²) in [5, 5.41) is 6.06. The van der Waals surface area contributed by atoms with E-state index >= 15 is 0 Å². The zero-order valence-electron chi connectivity index (χ0n) is 15.4. The Kier molecular flexibility index (Phi) is 10.1. The fraction of sp³-hybridized carbons (Fsp3) is 0.588. The standard InChI is InChI=1S/C17H27N5O3.HI/c1-3-7-19-15(23)6-8-20-17(18-2)22-11-9-21(10-12-22)16(24)14-5-4-13-25-14;/h4-5,13H,3,6-12H2,1-2H3,(H,18,20)(H,19,23);1H. The van der Waals surface area contributed by atoms with Crippen molar-refractivity contribution in [2.75, 3.05) is 46.3 Å². The number of guanidine groups is 1. The van der Waals surface area contributed by atoms with E-state index in [9.17, 15) is 9.59 Å². The highest BCUT2D eigenvalue weighted by molar-refractivity contribution is 14.0. The van der Waals surface area contributed by atoms with Crippen LogP contribution in [0.5, 0.6) is 0 Å². The molecule has 26 heavy (non-hydrogen) atoms. The maximum atomic E-state index is 12.3. The van der Waals surface area contributed by atoms with Gasteiger partial charge in [-0.25, -0.2) is 0 Å². The molecule has 0 unspecified atom stereocenters. The molecule has 2 amide bonds. The lowest BCUT2D eigenvalue weighted by Gasteiger charge is -2.36. The summed E-state index contributed by atoms with van der Waals surface area (Å²) >= 11 is 0. The molecule has 1 aliphatic rings. The van der Waals surface area contributed by atoms with Gasteiger partial charge in [0, 0.05) is 52.7 Å². The molecule has 0 radical (unpaired) electrons. The fourth-order valence-corrected chi connectivity index (χ4v) is 2.65. The summed E-state index contributed by atoms with van der Waals surface area (Å²) in [4.78, 5) is 32.0. The van der Waals surface area contributed by atoms with E-state index in [4.69, 9.17) is 4.42 Å². The van der Waals surface area contributed by atoms with Crippen molar-refractivity contribution in [3.63, 3.8) is 0 Å². The van der Waals surface area contributed by atoms with Crippen LogP contribution < -0.4 is 10.6 Å².